The van der Waals surface area contributed by atoms with Gasteiger partial charge in [-0.3, -0.25) is 0 Å². The molecule has 2 heterocycles. The van der Waals surface area contributed by atoms with Gasteiger partial charge in [0.25, 0.3) is 0 Å². The number of hydrogen-bond donors (Lipinski definition) is 1. The molecule has 1 aromatic heterocycles. The SMILES string of the molecule is C/C=C(/CC)c1c(C)ncnc1N1CCNCC1. The second-order valence-electron chi connectivity index (χ2n) is 4.56. The van der Waals surface area contributed by atoms with Crippen LogP contribution in [-0.2, 0) is 0 Å². The van der Waals surface area contributed by atoms with Crippen molar-refractivity contribution in [3.05, 3.63) is 23.7 Å². The minimum absolute atomic E-state index is 1.02. The Morgan fingerprint density at radius 1 is 1.39 bits per heavy atom. The second kappa shape index (κ2) is 5.96. The van der Waals surface area contributed by atoms with Gasteiger partial charge < -0.3 is 10.2 Å². The summed E-state index contributed by atoms with van der Waals surface area (Å²) in [6, 6.07) is 0. The number of hydrogen-bond acceptors (Lipinski definition) is 4. The first-order valence-corrected chi connectivity index (χ1v) is 6.70. The number of piperazine rings is 1. The summed E-state index contributed by atoms with van der Waals surface area (Å²) in [6.45, 7) is 10.4. The quantitative estimate of drug-likeness (QED) is 0.885. The van der Waals surface area contributed by atoms with Crippen molar-refractivity contribution in [1.29, 1.82) is 0 Å². The normalized spacial score (nSPS) is 17.1. The second-order valence-corrected chi connectivity index (χ2v) is 4.56. The summed E-state index contributed by atoms with van der Waals surface area (Å²) in [5.74, 6) is 1.10. The Labute approximate surface area is 109 Å². The van der Waals surface area contributed by atoms with Gasteiger partial charge in [0.05, 0.1) is 5.69 Å². The highest BCUT2D eigenvalue weighted by Gasteiger charge is 2.18. The van der Waals surface area contributed by atoms with Gasteiger partial charge in [0.15, 0.2) is 0 Å². The predicted octanol–water partition coefficient (Wildman–Crippen LogP) is 2.01. The van der Waals surface area contributed by atoms with Gasteiger partial charge in [-0.15, -0.1) is 0 Å². The predicted molar refractivity (Wildman–Crippen MR) is 75.8 cm³/mol. The molecule has 2 rings (SSSR count). The summed E-state index contributed by atoms with van der Waals surface area (Å²) in [4.78, 5) is 11.2. The molecule has 0 aliphatic carbocycles. The highest BCUT2D eigenvalue weighted by atomic mass is 15.2. The third-order valence-electron chi connectivity index (χ3n) is 3.48. The van der Waals surface area contributed by atoms with Crippen LogP contribution in [0.4, 0.5) is 5.82 Å². The number of aryl methyl sites for hydroxylation is 1. The Hall–Kier alpha value is -1.42. The average molecular weight is 246 g/mol. The molecule has 0 spiro atoms. The van der Waals surface area contributed by atoms with E-state index in [-0.39, 0.29) is 0 Å². The van der Waals surface area contributed by atoms with E-state index in [1.54, 1.807) is 6.33 Å². The molecule has 18 heavy (non-hydrogen) atoms. The van der Waals surface area contributed by atoms with E-state index in [0.717, 1.165) is 44.1 Å². The van der Waals surface area contributed by atoms with Gasteiger partial charge in [-0.2, -0.15) is 0 Å². The highest BCUT2D eigenvalue weighted by Crippen LogP contribution is 2.29. The van der Waals surface area contributed by atoms with E-state index >= 15 is 0 Å². The first-order valence-electron chi connectivity index (χ1n) is 6.70. The maximum absolute atomic E-state index is 4.53. The molecule has 1 aliphatic heterocycles. The van der Waals surface area contributed by atoms with Crippen LogP contribution in [0.5, 0.6) is 0 Å². The lowest BCUT2D eigenvalue weighted by Crippen LogP contribution is -2.44. The van der Waals surface area contributed by atoms with Gasteiger partial charge in [-0.25, -0.2) is 9.97 Å². The maximum atomic E-state index is 4.53. The van der Waals surface area contributed by atoms with E-state index in [4.69, 9.17) is 0 Å². The zero-order chi connectivity index (χ0) is 13.0. The topological polar surface area (TPSA) is 41.1 Å². The number of allylic oxidation sites excluding steroid dienone is 2. The Morgan fingerprint density at radius 3 is 2.72 bits per heavy atom. The Bertz CT molecular complexity index is 433. The third kappa shape index (κ3) is 2.53. The molecule has 1 aliphatic rings. The first kappa shape index (κ1) is 13.0. The monoisotopic (exact) mass is 246 g/mol. The molecule has 0 saturated carbocycles. The number of nitrogens with zero attached hydrogens (tertiary/aromatic N) is 3. The summed E-state index contributed by atoms with van der Waals surface area (Å²) >= 11 is 0. The Kier molecular flexibility index (Phi) is 4.31. The molecule has 1 fully saturated rings. The molecular weight excluding hydrogens is 224 g/mol. The summed E-state index contributed by atoms with van der Waals surface area (Å²) in [5, 5.41) is 3.38. The number of aromatic nitrogens is 2. The van der Waals surface area contributed by atoms with Crippen molar-refractivity contribution < 1.29 is 0 Å². The van der Waals surface area contributed by atoms with Crippen LogP contribution in [0.2, 0.25) is 0 Å². The van der Waals surface area contributed by atoms with Crippen molar-refractivity contribution >= 4 is 11.4 Å². The first-order chi connectivity index (χ1) is 8.77. The molecular formula is C14H22N4. The highest BCUT2D eigenvalue weighted by molar-refractivity contribution is 5.76. The van der Waals surface area contributed by atoms with Gasteiger partial charge >= 0.3 is 0 Å². The van der Waals surface area contributed by atoms with Crippen LogP contribution in [0.25, 0.3) is 5.57 Å². The van der Waals surface area contributed by atoms with Crippen molar-refractivity contribution in [1.82, 2.24) is 15.3 Å². The molecule has 1 N–H and O–H groups in total. The smallest absolute Gasteiger partial charge is 0.139 e. The van der Waals surface area contributed by atoms with E-state index in [1.165, 1.54) is 11.1 Å². The maximum Gasteiger partial charge on any atom is 0.139 e. The van der Waals surface area contributed by atoms with E-state index in [2.05, 4.69) is 47.0 Å². The molecule has 4 nitrogen and oxygen atoms in total. The van der Waals surface area contributed by atoms with Crippen LogP contribution < -0.4 is 10.2 Å². The largest absolute Gasteiger partial charge is 0.353 e. The lowest BCUT2D eigenvalue weighted by atomic mass is 10.0. The number of anilines is 1. The molecule has 0 aromatic carbocycles. The molecule has 0 radical (unpaired) electrons. The zero-order valence-electron chi connectivity index (χ0n) is 11.5. The van der Waals surface area contributed by atoms with Gasteiger partial charge in [-0.05, 0) is 25.8 Å². The van der Waals surface area contributed by atoms with Gasteiger partial charge in [-0.1, -0.05) is 13.0 Å². The lowest BCUT2D eigenvalue weighted by molar-refractivity contribution is 0.584. The van der Waals surface area contributed by atoms with Crippen LogP contribution in [0, 0.1) is 6.92 Å². The lowest BCUT2D eigenvalue weighted by Gasteiger charge is -2.30. The van der Waals surface area contributed by atoms with Crippen LogP contribution in [0.1, 0.15) is 31.5 Å². The van der Waals surface area contributed by atoms with Gasteiger partial charge in [0, 0.05) is 31.7 Å². The summed E-state index contributed by atoms with van der Waals surface area (Å²) in [5.41, 5.74) is 3.64. The van der Waals surface area contributed by atoms with Crippen LogP contribution in [0.15, 0.2) is 12.4 Å². The molecule has 0 bridgehead atoms. The fourth-order valence-electron chi connectivity index (χ4n) is 2.48. The Morgan fingerprint density at radius 2 is 2.11 bits per heavy atom. The standard InChI is InChI=1S/C14H22N4/c1-4-12(5-2)13-11(3)16-10-17-14(13)18-8-6-15-7-9-18/h4,10,15H,5-9H2,1-3H3/b12-4-. The fourth-order valence-corrected chi connectivity index (χ4v) is 2.48. The Balaban J connectivity index is 2.42. The van der Waals surface area contributed by atoms with Crippen molar-refractivity contribution in [2.24, 2.45) is 0 Å². The average Bonchev–Trinajstić information content (AvgIpc) is 2.43. The van der Waals surface area contributed by atoms with Crippen molar-refractivity contribution in [2.75, 3.05) is 31.1 Å². The minimum Gasteiger partial charge on any atom is -0.353 e. The van der Waals surface area contributed by atoms with Gasteiger partial charge in [0.1, 0.15) is 12.1 Å². The van der Waals surface area contributed by atoms with E-state index in [9.17, 15) is 0 Å². The van der Waals surface area contributed by atoms with Crippen molar-refractivity contribution in [3.8, 4) is 0 Å². The van der Waals surface area contributed by atoms with E-state index in [1.807, 2.05) is 0 Å². The van der Waals surface area contributed by atoms with Crippen LogP contribution in [-0.4, -0.2) is 36.1 Å². The molecule has 1 aromatic rings. The molecule has 98 valence electrons. The molecule has 0 unspecified atom stereocenters. The molecule has 4 heteroatoms. The zero-order valence-corrected chi connectivity index (χ0v) is 11.5. The molecule has 1 saturated heterocycles. The van der Waals surface area contributed by atoms with Gasteiger partial charge in [0.2, 0.25) is 0 Å². The van der Waals surface area contributed by atoms with E-state index < -0.39 is 0 Å². The summed E-state index contributed by atoms with van der Waals surface area (Å²) in [7, 11) is 0. The third-order valence-corrected chi connectivity index (χ3v) is 3.48. The number of nitrogens with one attached hydrogen (secondary N) is 1. The fraction of sp³-hybridized carbons (Fsp3) is 0.571. The van der Waals surface area contributed by atoms with Crippen molar-refractivity contribution in [2.45, 2.75) is 27.2 Å². The minimum atomic E-state index is 1.02. The number of rotatable bonds is 3. The van der Waals surface area contributed by atoms with E-state index in [0.29, 0.717) is 0 Å². The summed E-state index contributed by atoms with van der Waals surface area (Å²) < 4.78 is 0. The van der Waals surface area contributed by atoms with Crippen LogP contribution in [0.3, 0.4) is 0 Å². The molecule has 0 amide bonds. The summed E-state index contributed by atoms with van der Waals surface area (Å²) in [6.07, 6.45) is 4.88. The van der Waals surface area contributed by atoms with Crippen molar-refractivity contribution in [3.63, 3.8) is 0 Å². The van der Waals surface area contributed by atoms with Crippen LogP contribution >= 0.6 is 0 Å². The molecule has 0 atom stereocenters.